The van der Waals surface area contributed by atoms with Crippen LogP contribution in [0.4, 0.5) is 0 Å². The Morgan fingerprint density at radius 1 is 1.40 bits per heavy atom. The third-order valence-electron chi connectivity index (χ3n) is 4.27. The van der Waals surface area contributed by atoms with Gasteiger partial charge < -0.3 is 10.4 Å². The van der Waals surface area contributed by atoms with Gasteiger partial charge in [0.05, 0.1) is 0 Å². The zero-order valence-corrected chi connectivity index (χ0v) is 13.0. The maximum atomic E-state index is 12.3. The summed E-state index contributed by atoms with van der Waals surface area (Å²) >= 11 is 1.64. The number of hydrogen-bond acceptors (Lipinski definition) is 3. The van der Waals surface area contributed by atoms with Crippen LogP contribution in [-0.2, 0) is 0 Å². The molecule has 4 heteroatoms. The second-order valence-electron chi connectivity index (χ2n) is 5.52. The zero-order chi connectivity index (χ0) is 14.5. The molecule has 0 bridgehead atoms. The van der Waals surface area contributed by atoms with Crippen LogP contribution in [0, 0.1) is 18.8 Å². The third-order valence-corrected chi connectivity index (χ3v) is 4.99. The van der Waals surface area contributed by atoms with Crippen molar-refractivity contribution in [3.05, 3.63) is 29.3 Å². The Hall–Kier alpha value is -1.00. The van der Waals surface area contributed by atoms with E-state index in [1.807, 2.05) is 31.4 Å². The minimum Gasteiger partial charge on any atom is -0.396 e. The highest BCUT2D eigenvalue weighted by atomic mass is 32.2. The molecule has 1 aromatic rings. The summed E-state index contributed by atoms with van der Waals surface area (Å²) in [6, 6.07) is 5.98. The van der Waals surface area contributed by atoms with Crippen molar-refractivity contribution >= 4 is 17.7 Å². The van der Waals surface area contributed by atoms with E-state index in [-0.39, 0.29) is 12.5 Å². The quantitative estimate of drug-likeness (QED) is 0.821. The van der Waals surface area contributed by atoms with Crippen LogP contribution in [0.3, 0.4) is 0 Å². The Labute approximate surface area is 125 Å². The second kappa shape index (κ2) is 7.14. The number of aliphatic hydroxyl groups excluding tert-OH is 1. The lowest BCUT2D eigenvalue weighted by atomic mass is 9.97. The summed E-state index contributed by atoms with van der Waals surface area (Å²) in [7, 11) is 0. The number of nitrogens with one attached hydrogen (secondary N) is 1. The maximum Gasteiger partial charge on any atom is 0.251 e. The fourth-order valence-corrected chi connectivity index (χ4v) is 3.35. The van der Waals surface area contributed by atoms with E-state index in [0.29, 0.717) is 18.4 Å². The van der Waals surface area contributed by atoms with Crippen molar-refractivity contribution in [3.8, 4) is 0 Å². The highest BCUT2D eigenvalue weighted by Crippen LogP contribution is 2.30. The standard InChI is InChI=1S/C16H23NO2S/c1-11-6-7-14(20-2)8-15(11)16(19)17-9-12-4-3-5-13(12)10-18/h6-8,12-13,18H,3-5,9-10H2,1-2H3,(H,17,19). The second-order valence-corrected chi connectivity index (χ2v) is 6.40. The van der Waals surface area contributed by atoms with Crippen molar-refractivity contribution < 1.29 is 9.90 Å². The van der Waals surface area contributed by atoms with E-state index in [1.165, 1.54) is 0 Å². The topological polar surface area (TPSA) is 49.3 Å². The monoisotopic (exact) mass is 293 g/mol. The van der Waals surface area contributed by atoms with Gasteiger partial charge in [-0.15, -0.1) is 11.8 Å². The van der Waals surface area contributed by atoms with Gasteiger partial charge >= 0.3 is 0 Å². The van der Waals surface area contributed by atoms with Crippen molar-refractivity contribution in [2.75, 3.05) is 19.4 Å². The van der Waals surface area contributed by atoms with E-state index < -0.39 is 0 Å². The van der Waals surface area contributed by atoms with E-state index >= 15 is 0 Å². The number of aliphatic hydroxyl groups is 1. The fraction of sp³-hybridized carbons (Fsp3) is 0.562. The summed E-state index contributed by atoms with van der Waals surface area (Å²) in [5, 5.41) is 12.4. The van der Waals surface area contributed by atoms with Gasteiger partial charge in [-0.1, -0.05) is 12.5 Å². The van der Waals surface area contributed by atoms with Crippen LogP contribution < -0.4 is 5.32 Å². The van der Waals surface area contributed by atoms with Crippen LogP contribution in [0.1, 0.15) is 35.2 Å². The van der Waals surface area contributed by atoms with Gasteiger partial charge in [-0.2, -0.15) is 0 Å². The summed E-state index contributed by atoms with van der Waals surface area (Å²) < 4.78 is 0. The van der Waals surface area contributed by atoms with Crippen LogP contribution in [0.25, 0.3) is 0 Å². The molecule has 0 saturated heterocycles. The SMILES string of the molecule is CSc1ccc(C)c(C(=O)NCC2CCCC2CO)c1. The molecule has 2 rings (SSSR count). The van der Waals surface area contributed by atoms with Gasteiger partial charge in [0.15, 0.2) is 0 Å². The first-order chi connectivity index (χ1) is 9.65. The molecule has 0 heterocycles. The van der Waals surface area contributed by atoms with Crippen LogP contribution in [0.5, 0.6) is 0 Å². The third kappa shape index (κ3) is 3.55. The van der Waals surface area contributed by atoms with Crippen LogP contribution >= 0.6 is 11.8 Å². The molecular formula is C16H23NO2S. The van der Waals surface area contributed by atoms with Gasteiger partial charge in [0.1, 0.15) is 0 Å². The van der Waals surface area contributed by atoms with E-state index in [0.717, 1.165) is 35.3 Å². The molecular weight excluding hydrogens is 270 g/mol. The average molecular weight is 293 g/mol. The summed E-state index contributed by atoms with van der Waals surface area (Å²) in [6.07, 6.45) is 5.36. The predicted molar refractivity (Wildman–Crippen MR) is 83.2 cm³/mol. The molecule has 3 nitrogen and oxygen atoms in total. The average Bonchev–Trinajstić information content (AvgIpc) is 2.92. The highest BCUT2D eigenvalue weighted by molar-refractivity contribution is 7.98. The van der Waals surface area contributed by atoms with Crippen molar-refractivity contribution in [3.63, 3.8) is 0 Å². The molecule has 1 aliphatic carbocycles. The van der Waals surface area contributed by atoms with Crippen molar-refractivity contribution in [2.45, 2.75) is 31.1 Å². The lowest BCUT2D eigenvalue weighted by Crippen LogP contribution is -2.32. The molecule has 1 saturated carbocycles. The number of amides is 1. The van der Waals surface area contributed by atoms with Crippen molar-refractivity contribution in [1.29, 1.82) is 0 Å². The Bertz CT molecular complexity index is 476. The van der Waals surface area contributed by atoms with Gasteiger partial charge in [0.25, 0.3) is 5.91 Å². The first kappa shape index (κ1) is 15.4. The van der Waals surface area contributed by atoms with Crippen molar-refractivity contribution in [2.24, 2.45) is 11.8 Å². The number of aryl methyl sites for hydroxylation is 1. The summed E-state index contributed by atoms with van der Waals surface area (Å²) in [6.45, 7) is 2.87. The smallest absolute Gasteiger partial charge is 0.251 e. The number of hydrogen-bond donors (Lipinski definition) is 2. The molecule has 1 fully saturated rings. The van der Waals surface area contributed by atoms with Gasteiger partial charge in [0.2, 0.25) is 0 Å². The Kier molecular flexibility index (Phi) is 5.49. The lowest BCUT2D eigenvalue weighted by Gasteiger charge is -2.18. The number of carbonyl (C=O) groups is 1. The van der Waals surface area contributed by atoms with E-state index in [9.17, 15) is 9.90 Å². The van der Waals surface area contributed by atoms with Crippen molar-refractivity contribution in [1.82, 2.24) is 5.32 Å². The molecule has 2 N–H and O–H groups in total. The van der Waals surface area contributed by atoms with Gasteiger partial charge in [-0.3, -0.25) is 4.79 Å². The predicted octanol–water partition coefficient (Wildman–Crippen LogP) is 2.86. The van der Waals surface area contributed by atoms with Crippen LogP contribution in [0.2, 0.25) is 0 Å². The molecule has 0 spiro atoms. The minimum atomic E-state index is 0.00184. The Balaban J connectivity index is 1.98. The summed E-state index contributed by atoms with van der Waals surface area (Å²) in [4.78, 5) is 13.4. The van der Waals surface area contributed by atoms with Crippen LogP contribution in [-0.4, -0.2) is 30.4 Å². The number of carbonyl (C=O) groups excluding carboxylic acids is 1. The largest absolute Gasteiger partial charge is 0.396 e. The highest BCUT2D eigenvalue weighted by Gasteiger charge is 2.26. The molecule has 0 aromatic heterocycles. The first-order valence-electron chi connectivity index (χ1n) is 7.19. The van der Waals surface area contributed by atoms with E-state index in [2.05, 4.69) is 5.32 Å². The summed E-state index contributed by atoms with van der Waals surface area (Å²) in [5.41, 5.74) is 1.76. The molecule has 1 aliphatic rings. The first-order valence-corrected chi connectivity index (χ1v) is 8.42. The zero-order valence-electron chi connectivity index (χ0n) is 12.2. The maximum absolute atomic E-state index is 12.3. The van der Waals surface area contributed by atoms with E-state index in [1.54, 1.807) is 11.8 Å². The summed E-state index contributed by atoms with van der Waals surface area (Å²) in [5.74, 6) is 0.781. The lowest BCUT2D eigenvalue weighted by molar-refractivity contribution is 0.0937. The molecule has 0 radical (unpaired) electrons. The van der Waals surface area contributed by atoms with E-state index in [4.69, 9.17) is 0 Å². The molecule has 1 aromatic carbocycles. The van der Waals surface area contributed by atoms with Crippen LogP contribution in [0.15, 0.2) is 23.1 Å². The number of rotatable bonds is 5. The molecule has 0 aliphatic heterocycles. The molecule has 110 valence electrons. The van der Waals surface area contributed by atoms with Gasteiger partial charge in [0, 0.05) is 23.6 Å². The molecule has 2 atom stereocenters. The molecule has 2 unspecified atom stereocenters. The normalized spacial score (nSPS) is 21.9. The van der Waals surface area contributed by atoms with Gasteiger partial charge in [-0.25, -0.2) is 0 Å². The number of thioether (sulfide) groups is 1. The molecule has 1 amide bonds. The van der Waals surface area contributed by atoms with Gasteiger partial charge in [-0.05, 0) is 55.6 Å². The Morgan fingerprint density at radius 3 is 2.85 bits per heavy atom. The minimum absolute atomic E-state index is 0.00184. The molecule has 20 heavy (non-hydrogen) atoms. The Morgan fingerprint density at radius 2 is 2.15 bits per heavy atom. The fourth-order valence-electron chi connectivity index (χ4n) is 2.91. The number of benzene rings is 1.